The Kier molecular flexibility index (Phi) is 5.03. The molecule has 3 aromatic rings. The van der Waals surface area contributed by atoms with Gasteiger partial charge in [0.2, 0.25) is 0 Å². The Morgan fingerprint density at radius 1 is 1.13 bits per heavy atom. The van der Waals surface area contributed by atoms with Crippen LogP contribution in [0, 0.1) is 6.92 Å². The van der Waals surface area contributed by atoms with Crippen LogP contribution in [0.15, 0.2) is 48.5 Å². The van der Waals surface area contributed by atoms with Crippen LogP contribution in [-0.2, 0) is 6.42 Å². The molecule has 0 saturated carbocycles. The molecule has 5 nitrogen and oxygen atoms in total. The molecule has 154 valence electrons. The van der Waals surface area contributed by atoms with E-state index in [9.17, 15) is 0 Å². The van der Waals surface area contributed by atoms with E-state index in [1.54, 1.807) is 0 Å². The predicted octanol–water partition coefficient (Wildman–Crippen LogP) is 5.16. The van der Waals surface area contributed by atoms with Gasteiger partial charge < -0.3 is 15.0 Å². The van der Waals surface area contributed by atoms with E-state index in [-0.39, 0.29) is 0 Å². The number of benzene rings is 2. The van der Waals surface area contributed by atoms with Crippen molar-refractivity contribution in [3.05, 3.63) is 65.5 Å². The van der Waals surface area contributed by atoms with E-state index in [4.69, 9.17) is 9.72 Å². The molecule has 1 aromatic heterocycles. The Morgan fingerprint density at radius 2 is 2.03 bits per heavy atom. The minimum atomic E-state index is 0.296. The first-order valence-electron chi connectivity index (χ1n) is 10.9. The second-order valence-electron chi connectivity index (χ2n) is 8.08. The van der Waals surface area contributed by atoms with Crippen LogP contribution in [0.5, 0.6) is 5.75 Å². The molecule has 2 aliphatic rings. The second kappa shape index (κ2) is 7.98. The number of fused-ring (bicyclic) bond motifs is 2. The largest absolute Gasteiger partial charge is 0.490 e. The third-order valence-electron chi connectivity index (χ3n) is 6.13. The van der Waals surface area contributed by atoms with Crippen molar-refractivity contribution in [1.82, 2.24) is 9.97 Å². The summed E-state index contributed by atoms with van der Waals surface area (Å²) in [5.74, 6) is 2.62. The summed E-state index contributed by atoms with van der Waals surface area (Å²) in [4.78, 5) is 11.8. The number of nitrogens with zero attached hydrogens (tertiary/aromatic N) is 3. The van der Waals surface area contributed by atoms with Gasteiger partial charge in [0.15, 0.2) is 0 Å². The molecule has 0 fully saturated rings. The lowest BCUT2D eigenvalue weighted by Gasteiger charge is -2.30. The van der Waals surface area contributed by atoms with Crippen molar-refractivity contribution in [2.24, 2.45) is 0 Å². The van der Waals surface area contributed by atoms with E-state index in [0.29, 0.717) is 6.04 Å². The topological polar surface area (TPSA) is 50.3 Å². The molecule has 1 aliphatic carbocycles. The molecule has 30 heavy (non-hydrogen) atoms. The third kappa shape index (κ3) is 3.60. The Hall–Kier alpha value is -3.08. The standard InChI is InChI=1S/C25H28N4O/c1-3-29-13-14-30-24-12-11-19(15-23(24)29)22-16-25(27-17(2)26-22)28-21-10-6-8-18-7-4-5-9-20(18)21/h4-5,7,9,11-12,15-16,21H,3,6,8,10,13-14H2,1-2H3,(H,26,27,28)/t21-/m1/s1. The van der Waals surface area contributed by atoms with Crippen LogP contribution in [0.1, 0.15) is 42.8 Å². The Balaban J connectivity index is 1.47. The molecule has 1 N–H and O–H groups in total. The third-order valence-corrected chi connectivity index (χ3v) is 6.13. The van der Waals surface area contributed by atoms with E-state index in [0.717, 1.165) is 66.9 Å². The molecule has 1 atom stereocenters. The summed E-state index contributed by atoms with van der Waals surface area (Å²) < 4.78 is 5.84. The van der Waals surface area contributed by atoms with Crippen molar-refractivity contribution >= 4 is 11.5 Å². The van der Waals surface area contributed by atoms with Gasteiger partial charge in [0.25, 0.3) is 0 Å². The number of hydrogen-bond donors (Lipinski definition) is 1. The van der Waals surface area contributed by atoms with Gasteiger partial charge in [-0.25, -0.2) is 9.97 Å². The van der Waals surface area contributed by atoms with Crippen LogP contribution in [0.2, 0.25) is 0 Å². The first-order valence-corrected chi connectivity index (χ1v) is 10.9. The zero-order valence-electron chi connectivity index (χ0n) is 17.7. The first-order chi connectivity index (χ1) is 14.7. The van der Waals surface area contributed by atoms with Gasteiger partial charge in [0, 0.05) is 18.2 Å². The molecular formula is C25H28N4O. The van der Waals surface area contributed by atoms with Gasteiger partial charge in [-0.2, -0.15) is 0 Å². The number of hydrogen-bond acceptors (Lipinski definition) is 5. The highest BCUT2D eigenvalue weighted by Gasteiger charge is 2.21. The fourth-order valence-corrected chi connectivity index (χ4v) is 4.63. The minimum Gasteiger partial charge on any atom is -0.490 e. The molecule has 1 aliphatic heterocycles. The summed E-state index contributed by atoms with van der Waals surface area (Å²) in [5.41, 5.74) is 6.02. The van der Waals surface area contributed by atoms with Gasteiger partial charge in [-0.15, -0.1) is 0 Å². The highest BCUT2D eigenvalue weighted by molar-refractivity contribution is 5.72. The second-order valence-corrected chi connectivity index (χ2v) is 8.08. The summed E-state index contributed by atoms with van der Waals surface area (Å²) in [5, 5.41) is 3.68. The van der Waals surface area contributed by atoms with Gasteiger partial charge in [-0.3, -0.25) is 0 Å². The summed E-state index contributed by atoms with van der Waals surface area (Å²) in [6, 6.07) is 17.5. The molecule has 0 amide bonds. The number of ether oxygens (including phenoxy) is 1. The molecule has 0 spiro atoms. The normalized spacial score (nSPS) is 17.7. The maximum atomic E-state index is 5.84. The van der Waals surface area contributed by atoms with Gasteiger partial charge in [0.1, 0.15) is 24.0 Å². The summed E-state index contributed by atoms with van der Waals surface area (Å²) in [6.07, 6.45) is 3.48. The molecule has 0 bridgehead atoms. The van der Waals surface area contributed by atoms with E-state index < -0.39 is 0 Å². The van der Waals surface area contributed by atoms with Crippen LogP contribution < -0.4 is 15.0 Å². The summed E-state index contributed by atoms with van der Waals surface area (Å²) in [7, 11) is 0. The van der Waals surface area contributed by atoms with Crippen LogP contribution in [0.25, 0.3) is 11.3 Å². The molecule has 2 heterocycles. The van der Waals surface area contributed by atoms with E-state index >= 15 is 0 Å². The van der Waals surface area contributed by atoms with Crippen LogP contribution in [0.3, 0.4) is 0 Å². The Labute approximate surface area is 178 Å². The molecule has 0 unspecified atom stereocenters. The van der Waals surface area contributed by atoms with Crippen LogP contribution in [-0.4, -0.2) is 29.7 Å². The predicted molar refractivity (Wildman–Crippen MR) is 121 cm³/mol. The van der Waals surface area contributed by atoms with Crippen LogP contribution in [0.4, 0.5) is 11.5 Å². The maximum absolute atomic E-state index is 5.84. The Bertz CT molecular complexity index is 1060. The fourth-order valence-electron chi connectivity index (χ4n) is 4.63. The monoisotopic (exact) mass is 400 g/mol. The average Bonchev–Trinajstić information content (AvgIpc) is 2.78. The zero-order valence-corrected chi connectivity index (χ0v) is 17.7. The number of aryl methyl sites for hydroxylation is 2. The highest BCUT2D eigenvalue weighted by Crippen LogP contribution is 2.36. The molecule has 2 aromatic carbocycles. The molecule has 0 radical (unpaired) electrons. The number of likely N-dealkylation sites (N-methyl/N-ethyl adjacent to an activating group) is 1. The van der Waals surface area contributed by atoms with E-state index in [1.165, 1.54) is 17.5 Å². The molecule has 5 heteroatoms. The van der Waals surface area contributed by atoms with Crippen LogP contribution >= 0.6 is 0 Å². The van der Waals surface area contributed by atoms with E-state index in [1.807, 2.05) is 6.92 Å². The fraction of sp³-hybridized carbons (Fsp3) is 0.360. The summed E-state index contributed by atoms with van der Waals surface area (Å²) >= 11 is 0. The highest BCUT2D eigenvalue weighted by atomic mass is 16.5. The molecular weight excluding hydrogens is 372 g/mol. The zero-order chi connectivity index (χ0) is 20.5. The van der Waals surface area contributed by atoms with Gasteiger partial charge in [-0.1, -0.05) is 24.3 Å². The lowest BCUT2D eigenvalue weighted by molar-refractivity contribution is 0.308. The van der Waals surface area contributed by atoms with Crippen molar-refractivity contribution in [3.63, 3.8) is 0 Å². The van der Waals surface area contributed by atoms with Gasteiger partial charge in [-0.05, 0) is 62.4 Å². The number of anilines is 2. The maximum Gasteiger partial charge on any atom is 0.142 e. The molecule has 5 rings (SSSR count). The lowest BCUT2D eigenvalue weighted by Crippen LogP contribution is -2.32. The summed E-state index contributed by atoms with van der Waals surface area (Å²) in [6.45, 7) is 6.77. The Morgan fingerprint density at radius 3 is 2.93 bits per heavy atom. The van der Waals surface area contributed by atoms with Gasteiger partial charge in [0.05, 0.1) is 24.0 Å². The number of rotatable bonds is 4. The van der Waals surface area contributed by atoms with Gasteiger partial charge >= 0.3 is 0 Å². The SMILES string of the molecule is CCN1CCOc2ccc(-c3cc(N[C@@H]4CCCc5ccccc54)nc(C)n3)cc21. The lowest BCUT2D eigenvalue weighted by atomic mass is 9.88. The number of nitrogens with one attached hydrogen (secondary N) is 1. The van der Waals surface area contributed by atoms with Crippen molar-refractivity contribution < 1.29 is 4.74 Å². The average molecular weight is 401 g/mol. The number of aromatic nitrogens is 2. The van der Waals surface area contributed by atoms with Crippen molar-refractivity contribution in [3.8, 4) is 17.0 Å². The molecule has 0 saturated heterocycles. The van der Waals surface area contributed by atoms with E-state index in [2.05, 4.69) is 70.7 Å². The van der Waals surface area contributed by atoms with Crippen molar-refractivity contribution in [2.45, 2.75) is 39.2 Å². The van der Waals surface area contributed by atoms with Crippen molar-refractivity contribution in [1.29, 1.82) is 0 Å². The smallest absolute Gasteiger partial charge is 0.142 e. The minimum absolute atomic E-state index is 0.296. The van der Waals surface area contributed by atoms with Crippen molar-refractivity contribution in [2.75, 3.05) is 29.9 Å². The quantitative estimate of drug-likeness (QED) is 0.655. The first kappa shape index (κ1) is 18.9.